The normalized spacial score (nSPS) is 19.4. The molecule has 11 nitrogen and oxygen atoms in total. The molecule has 4 atom stereocenters. The van der Waals surface area contributed by atoms with Crippen molar-refractivity contribution in [2.75, 3.05) is 19.6 Å². The second kappa shape index (κ2) is 17.3. The van der Waals surface area contributed by atoms with Crippen LogP contribution in [-0.4, -0.2) is 71.8 Å². The van der Waals surface area contributed by atoms with E-state index in [2.05, 4.69) is 16.0 Å². The summed E-state index contributed by atoms with van der Waals surface area (Å²) >= 11 is 0. The number of phenols is 1. The maximum atomic E-state index is 14.9. The van der Waals surface area contributed by atoms with Gasteiger partial charge in [0, 0.05) is 25.9 Å². The van der Waals surface area contributed by atoms with E-state index >= 15 is 0 Å². The lowest BCUT2D eigenvalue weighted by Gasteiger charge is -2.24. The Morgan fingerprint density at radius 2 is 1.63 bits per heavy atom. The van der Waals surface area contributed by atoms with E-state index < -0.39 is 47.8 Å². The maximum Gasteiger partial charge on any atom is 0.243 e. The van der Waals surface area contributed by atoms with Crippen molar-refractivity contribution in [2.24, 2.45) is 17.2 Å². The number of nitrogens with one attached hydrogen (secondary N) is 3. The third-order valence-electron chi connectivity index (χ3n) is 6.41. The van der Waals surface area contributed by atoms with Gasteiger partial charge in [0.2, 0.25) is 17.7 Å². The predicted molar refractivity (Wildman–Crippen MR) is 159 cm³/mol. The van der Waals surface area contributed by atoms with Crippen molar-refractivity contribution in [2.45, 2.75) is 72.2 Å². The number of hydrogen-bond acceptors (Lipinski definition) is 8. The van der Waals surface area contributed by atoms with Gasteiger partial charge in [-0.1, -0.05) is 34.4 Å². The number of halogens is 1. The summed E-state index contributed by atoms with van der Waals surface area (Å²) in [5, 5.41) is 27.8. The molecule has 0 saturated heterocycles. The smallest absolute Gasteiger partial charge is 0.243 e. The maximum absolute atomic E-state index is 14.9. The zero-order valence-corrected chi connectivity index (χ0v) is 21.0. The van der Waals surface area contributed by atoms with Crippen LogP contribution in [0.3, 0.4) is 0 Å². The summed E-state index contributed by atoms with van der Waals surface area (Å²) in [6, 6.07) is 5.74. The Bertz CT molecular complexity index is 1160. The molecule has 230 valence electrons. The van der Waals surface area contributed by atoms with Gasteiger partial charge in [0.1, 0.15) is 23.7 Å². The number of aliphatic hydroxyl groups excluding tert-OH is 1. The molecular weight excluding hydrogens is 531 g/mol. The highest BCUT2D eigenvalue weighted by Crippen LogP contribution is 2.28. The van der Waals surface area contributed by atoms with Gasteiger partial charge in [-0.2, -0.15) is 0 Å². The minimum atomic E-state index is -1.23. The Hall–Kier alpha value is -3.58. The van der Waals surface area contributed by atoms with Gasteiger partial charge in [-0.05, 0) is 65.9 Å². The average Bonchev–Trinajstić information content (AvgIpc) is 2.90. The highest BCUT2D eigenvalue weighted by Gasteiger charge is 2.29. The summed E-state index contributed by atoms with van der Waals surface area (Å²) in [5.74, 6) is -2.60. The van der Waals surface area contributed by atoms with E-state index in [0.717, 1.165) is 0 Å². The van der Waals surface area contributed by atoms with Crippen LogP contribution in [0.2, 0.25) is 0 Å². The molecule has 2 aromatic carbocycles. The van der Waals surface area contributed by atoms with E-state index in [-0.39, 0.29) is 72.5 Å². The number of rotatable bonds is 7. The topological polar surface area (TPSA) is 206 Å². The van der Waals surface area contributed by atoms with E-state index in [9.17, 15) is 29.0 Å². The molecule has 41 heavy (non-hydrogen) atoms. The first-order valence-corrected chi connectivity index (χ1v) is 12.5. The molecule has 1 aliphatic heterocycles. The number of fused-ring (bicyclic) bond motifs is 5. The second-order valence-electron chi connectivity index (χ2n) is 9.35. The SMILES string of the molecule is C.C.C.NCCC[C@@H]1NC(=O)[C@@H](N)Cc2cc(ccc2O)-c2ccc(F)c(c2)C[C@@H](C(=O)NCC(O)CN)NC1=O. The first-order chi connectivity index (χ1) is 18.1. The number of hydrogen-bond donors (Lipinski definition) is 8. The molecule has 4 bridgehead atoms. The molecule has 3 rings (SSSR count). The lowest BCUT2D eigenvalue weighted by atomic mass is 9.95. The molecular formula is C29H47FN6O5. The van der Waals surface area contributed by atoms with E-state index in [1.165, 1.54) is 12.1 Å². The van der Waals surface area contributed by atoms with Crippen molar-refractivity contribution >= 4 is 17.7 Å². The second-order valence-corrected chi connectivity index (χ2v) is 9.35. The minimum absolute atomic E-state index is 0. The van der Waals surface area contributed by atoms with Crippen molar-refractivity contribution in [3.8, 4) is 16.9 Å². The van der Waals surface area contributed by atoms with Crippen LogP contribution in [0.1, 0.15) is 46.2 Å². The minimum Gasteiger partial charge on any atom is -0.508 e. The van der Waals surface area contributed by atoms with Crippen molar-refractivity contribution in [3.05, 3.63) is 53.3 Å². The summed E-state index contributed by atoms with van der Waals surface area (Å²) in [6.45, 7) is 0.00398. The molecule has 12 heteroatoms. The third-order valence-corrected chi connectivity index (χ3v) is 6.41. The molecule has 0 spiro atoms. The van der Waals surface area contributed by atoms with E-state index in [4.69, 9.17) is 17.2 Å². The van der Waals surface area contributed by atoms with Gasteiger partial charge in [0.15, 0.2) is 0 Å². The van der Waals surface area contributed by atoms with Crippen LogP contribution in [-0.2, 0) is 27.2 Å². The van der Waals surface area contributed by atoms with Crippen LogP contribution in [0, 0.1) is 5.82 Å². The fourth-order valence-corrected chi connectivity index (χ4v) is 4.16. The fraction of sp³-hybridized carbons (Fsp3) is 0.483. The van der Waals surface area contributed by atoms with Crippen LogP contribution >= 0.6 is 0 Å². The van der Waals surface area contributed by atoms with Gasteiger partial charge in [0.05, 0.1) is 12.1 Å². The van der Waals surface area contributed by atoms with Gasteiger partial charge >= 0.3 is 0 Å². The molecule has 3 amide bonds. The molecule has 1 heterocycles. The Morgan fingerprint density at radius 3 is 2.27 bits per heavy atom. The van der Waals surface area contributed by atoms with Crippen molar-refractivity contribution in [1.82, 2.24) is 16.0 Å². The van der Waals surface area contributed by atoms with Crippen LogP contribution in [0.25, 0.3) is 11.1 Å². The number of benzene rings is 2. The number of aliphatic hydroxyl groups is 1. The highest BCUT2D eigenvalue weighted by atomic mass is 19.1. The van der Waals surface area contributed by atoms with Crippen molar-refractivity contribution in [1.29, 1.82) is 0 Å². The number of phenolic OH excluding ortho intramolecular Hbond substituents is 1. The van der Waals surface area contributed by atoms with E-state index in [1.807, 2.05) is 0 Å². The standard InChI is InChI=1S/C26H35FN6O5.3CH4/c27-19-5-3-14-8-16(19)11-22(25(37)31-13-18(34)12-29)33-26(38)21(2-1-7-28)32-24(36)20(30)10-17-9-15(14)4-6-23(17)35;;;/h3-6,8-9,18,20-22,34-35H,1-2,7,10-13,28-30H2,(H,31,37)(H,32,36)(H,33,38);3*1H4/t18?,20-,21-,22-;;;/m0.../s1. The Morgan fingerprint density at radius 1 is 1.00 bits per heavy atom. The lowest BCUT2D eigenvalue weighted by molar-refractivity contribution is -0.132. The molecule has 1 aliphatic rings. The molecule has 1 unspecified atom stereocenters. The summed E-state index contributed by atoms with van der Waals surface area (Å²) in [5.41, 5.74) is 18.9. The monoisotopic (exact) mass is 578 g/mol. The molecule has 0 fully saturated rings. The van der Waals surface area contributed by atoms with Crippen LogP contribution in [0.4, 0.5) is 4.39 Å². The van der Waals surface area contributed by atoms with Crippen molar-refractivity contribution in [3.63, 3.8) is 0 Å². The summed E-state index contributed by atoms with van der Waals surface area (Å²) in [7, 11) is 0. The summed E-state index contributed by atoms with van der Waals surface area (Å²) < 4.78 is 14.9. The van der Waals surface area contributed by atoms with Gasteiger partial charge in [-0.15, -0.1) is 0 Å². The Kier molecular flexibility index (Phi) is 15.8. The molecule has 2 aromatic rings. The van der Waals surface area contributed by atoms with Crippen LogP contribution in [0.5, 0.6) is 5.75 Å². The predicted octanol–water partition coefficient (Wildman–Crippen LogP) is 0.677. The quantitative estimate of drug-likeness (QED) is 0.234. The highest BCUT2D eigenvalue weighted by molar-refractivity contribution is 5.93. The molecule has 0 aromatic heterocycles. The van der Waals surface area contributed by atoms with E-state index in [0.29, 0.717) is 23.1 Å². The number of aromatic hydroxyl groups is 1. The summed E-state index contributed by atoms with van der Waals surface area (Å²) in [6.07, 6.45) is -0.658. The number of carbonyl (C=O) groups excluding carboxylic acids is 3. The van der Waals surface area contributed by atoms with Gasteiger partial charge in [0.25, 0.3) is 0 Å². The number of nitrogens with two attached hydrogens (primary N) is 3. The van der Waals surface area contributed by atoms with Gasteiger partial charge in [-0.25, -0.2) is 4.39 Å². The van der Waals surface area contributed by atoms with E-state index in [1.54, 1.807) is 24.3 Å². The van der Waals surface area contributed by atoms with Crippen molar-refractivity contribution < 1.29 is 29.0 Å². The lowest BCUT2D eigenvalue weighted by Crippen LogP contribution is -2.57. The average molecular weight is 579 g/mol. The van der Waals surface area contributed by atoms with Crippen LogP contribution < -0.4 is 33.2 Å². The molecule has 11 N–H and O–H groups in total. The third kappa shape index (κ3) is 10.1. The molecule has 0 saturated carbocycles. The molecule has 0 aliphatic carbocycles. The largest absolute Gasteiger partial charge is 0.508 e. The number of amides is 3. The van der Waals surface area contributed by atoms with Gasteiger partial charge < -0.3 is 43.4 Å². The fourth-order valence-electron chi connectivity index (χ4n) is 4.16. The Labute approximate surface area is 242 Å². The van der Waals surface area contributed by atoms with Gasteiger partial charge in [-0.3, -0.25) is 14.4 Å². The first kappa shape index (κ1) is 37.4. The Balaban J connectivity index is 0.00000533. The zero-order valence-electron chi connectivity index (χ0n) is 21.0. The number of carbonyl (C=O) groups is 3. The summed E-state index contributed by atoms with van der Waals surface area (Å²) in [4.78, 5) is 39.2. The zero-order chi connectivity index (χ0) is 27.8. The van der Waals surface area contributed by atoms with Crippen LogP contribution in [0.15, 0.2) is 36.4 Å². The molecule has 0 radical (unpaired) electrons. The first-order valence-electron chi connectivity index (χ1n) is 12.5.